The molecule has 2 aromatic carbocycles. The van der Waals surface area contributed by atoms with E-state index < -0.39 is 23.1 Å². The second-order valence-corrected chi connectivity index (χ2v) is 8.75. The second-order valence-electron chi connectivity index (χ2n) is 7.90. The van der Waals surface area contributed by atoms with Gasteiger partial charge in [-0.15, -0.1) is 0 Å². The van der Waals surface area contributed by atoms with Crippen LogP contribution in [0.15, 0.2) is 53.8 Å². The number of rotatable bonds is 3. The minimum Gasteiger partial charge on any atom is -0.503 e. The predicted molar refractivity (Wildman–Crippen MR) is 112 cm³/mol. The predicted octanol–water partition coefficient (Wildman–Crippen LogP) is 5.82. The Kier molecular flexibility index (Phi) is 5.30. The molecule has 2 aromatic rings. The summed E-state index contributed by atoms with van der Waals surface area (Å²) in [6.45, 7) is 7.12. The third-order valence-corrected chi connectivity index (χ3v) is 5.41. The number of carbonyl (C=O) groups is 2. The molecule has 1 N–H and O–H groups in total. The summed E-state index contributed by atoms with van der Waals surface area (Å²) >= 11 is 12.3. The van der Waals surface area contributed by atoms with Crippen molar-refractivity contribution in [2.45, 2.75) is 33.7 Å². The number of ketones is 1. The third kappa shape index (κ3) is 3.54. The number of benzene rings is 2. The molecule has 0 saturated heterocycles. The van der Waals surface area contributed by atoms with Gasteiger partial charge in [0.2, 0.25) is 0 Å². The van der Waals surface area contributed by atoms with Gasteiger partial charge < -0.3 is 5.11 Å². The van der Waals surface area contributed by atoms with E-state index in [0.29, 0.717) is 21.3 Å². The Morgan fingerprint density at radius 1 is 1.07 bits per heavy atom. The Hall–Kier alpha value is -2.30. The maximum Gasteiger partial charge on any atom is 0.294 e. The maximum atomic E-state index is 13.1. The average Bonchev–Trinajstić information content (AvgIpc) is 2.88. The van der Waals surface area contributed by atoms with Crippen molar-refractivity contribution in [3.8, 4) is 0 Å². The van der Waals surface area contributed by atoms with Crippen molar-refractivity contribution in [1.82, 2.24) is 0 Å². The van der Waals surface area contributed by atoms with Crippen LogP contribution < -0.4 is 4.90 Å². The zero-order valence-electron chi connectivity index (χ0n) is 16.1. The summed E-state index contributed by atoms with van der Waals surface area (Å²) in [6, 6.07) is 11.3. The smallest absolute Gasteiger partial charge is 0.294 e. The first-order valence-electron chi connectivity index (χ1n) is 8.85. The van der Waals surface area contributed by atoms with Gasteiger partial charge in [0.1, 0.15) is 0 Å². The van der Waals surface area contributed by atoms with Crippen LogP contribution in [0.5, 0.6) is 0 Å². The van der Waals surface area contributed by atoms with E-state index in [9.17, 15) is 14.7 Å². The highest BCUT2D eigenvalue weighted by atomic mass is 35.5. The highest BCUT2D eigenvalue weighted by Gasteiger charge is 2.46. The third-order valence-electron chi connectivity index (χ3n) is 4.75. The van der Waals surface area contributed by atoms with E-state index in [4.69, 9.17) is 23.2 Å². The lowest BCUT2D eigenvalue weighted by Gasteiger charge is -2.29. The standard InChI is InChI=1S/C22H21Cl2NO3/c1-12-5-10-15(11-16(12)24)25-18(13-6-8-14(23)9-7-13)17(19(26)21(25)28)20(27)22(2,3)4/h5-11,18,26H,1-4H3. The van der Waals surface area contributed by atoms with E-state index in [0.717, 1.165) is 5.56 Å². The van der Waals surface area contributed by atoms with Gasteiger partial charge >= 0.3 is 0 Å². The first-order chi connectivity index (χ1) is 13.0. The Bertz CT molecular complexity index is 988. The molecular weight excluding hydrogens is 397 g/mol. The summed E-state index contributed by atoms with van der Waals surface area (Å²) in [5, 5.41) is 11.7. The molecule has 1 aliphatic rings. The van der Waals surface area contributed by atoms with Crippen LogP contribution in [0.3, 0.4) is 0 Å². The molecule has 1 amide bonds. The number of hydrogen-bond acceptors (Lipinski definition) is 3. The fourth-order valence-electron chi connectivity index (χ4n) is 3.20. The van der Waals surface area contributed by atoms with Crippen LogP contribution in [-0.4, -0.2) is 16.8 Å². The monoisotopic (exact) mass is 417 g/mol. The Balaban J connectivity index is 2.22. The van der Waals surface area contributed by atoms with Crippen LogP contribution in [0, 0.1) is 12.3 Å². The number of amides is 1. The van der Waals surface area contributed by atoms with Gasteiger partial charge in [-0.3, -0.25) is 14.5 Å². The first kappa shape index (κ1) is 20.4. The number of anilines is 1. The second kappa shape index (κ2) is 7.26. The number of nitrogens with zero attached hydrogens (tertiary/aromatic N) is 1. The minimum absolute atomic E-state index is 0.0801. The van der Waals surface area contributed by atoms with Crippen molar-refractivity contribution >= 4 is 40.6 Å². The van der Waals surface area contributed by atoms with Crippen LogP contribution in [0.2, 0.25) is 10.0 Å². The normalized spacial score (nSPS) is 17.4. The van der Waals surface area contributed by atoms with Gasteiger partial charge in [-0.25, -0.2) is 0 Å². The van der Waals surface area contributed by atoms with Crippen molar-refractivity contribution in [2.75, 3.05) is 4.90 Å². The van der Waals surface area contributed by atoms with E-state index in [1.54, 1.807) is 63.2 Å². The summed E-state index contributed by atoms with van der Waals surface area (Å²) in [6.07, 6.45) is 0. The molecule has 1 heterocycles. The van der Waals surface area contributed by atoms with Crippen molar-refractivity contribution < 1.29 is 14.7 Å². The number of hydrogen-bond donors (Lipinski definition) is 1. The van der Waals surface area contributed by atoms with Crippen LogP contribution in [0.1, 0.15) is 37.9 Å². The van der Waals surface area contributed by atoms with Crippen LogP contribution in [0.25, 0.3) is 0 Å². The van der Waals surface area contributed by atoms with Crippen LogP contribution in [0.4, 0.5) is 5.69 Å². The molecular formula is C22H21Cl2NO3. The zero-order chi connectivity index (χ0) is 20.8. The molecule has 0 saturated carbocycles. The molecule has 28 heavy (non-hydrogen) atoms. The van der Waals surface area contributed by atoms with E-state index in [1.807, 2.05) is 6.92 Å². The molecule has 146 valence electrons. The quantitative estimate of drug-likeness (QED) is 0.684. The largest absolute Gasteiger partial charge is 0.503 e. The van der Waals surface area contributed by atoms with Gasteiger partial charge in [-0.05, 0) is 42.3 Å². The molecule has 0 aliphatic carbocycles. The van der Waals surface area contributed by atoms with Crippen molar-refractivity contribution in [3.63, 3.8) is 0 Å². The molecule has 1 unspecified atom stereocenters. The fraction of sp³-hybridized carbons (Fsp3) is 0.273. The summed E-state index contributed by atoms with van der Waals surface area (Å²) in [5.41, 5.74) is 1.35. The average molecular weight is 418 g/mol. The SMILES string of the molecule is Cc1ccc(N2C(=O)C(O)=C(C(=O)C(C)(C)C)C2c2ccc(Cl)cc2)cc1Cl. The Morgan fingerprint density at radius 2 is 1.68 bits per heavy atom. The highest BCUT2D eigenvalue weighted by molar-refractivity contribution is 6.32. The van der Waals surface area contributed by atoms with E-state index >= 15 is 0 Å². The van der Waals surface area contributed by atoms with Gasteiger partial charge in [0, 0.05) is 21.1 Å². The summed E-state index contributed by atoms with van der Waals surface area (Å²) in [5.74, 6) is -1.46. The molecule has 4 nitrogen and oxygen atoms in total. The highest BCUT2D eigenvalue weighted by Crippen LogP contribution is 2.44. The number of aliphatic hydroxyl groups excluding tert-OH is 1. The molecule has 3 rings (SSSR count). The summed E-state index contributed by atoms with van der Waals surface area (Å²) in [4.78, 5) is 27.5. The number of halogens is 2. The van der Waals surface area contributed by atoms with Crippen molar-refractivity contribution in [2.24, 2.45) is 5.41 Å². The molecule has 0 bridgehead atoms. The van der Waals surface area contributed by atoms with Crippen molar-refractivity contribution in [3.05, 3.63) is 75.0 Å². The number of carbonyl (C=O) groups excluding carboxylic acids is 2. The molecule has 6 heteroatoms. The van der Waals surface area contributed by atoms with Crippen LogP contribution >= 0.6 is 23.2 Å². The first-order valence-corrected chi connectivity index (χ1v) is 9.61. The van der Waals surface area contributed by atoms with Crippen molar-refractivity contribution in [1.29, 1.82) is 0 Å². The molecule has 0 aromatic heterocycles. The van der Waals surface area contributed by atoms with Gasteiger partial charge in [0.25, 0.3) is 5.91 Å². The van der Waals surface area contributed by atoms with E-state index in [1.165, 1.54) is 4.90 Å². The molecule has 1 atom stereocenters. The van der Waals surface area contributed by atoms with E-state index in [-0.39, 0.29) is 11.4 Å². The van der Waals surface area contributed by atoms with Crippen LogP contribution in [-0.2, 0) is 9.59 Å². The topological polar surface area (TPSA) is 57.6 Å². The molecule has 1 aliphatic heterocycles. The number of Topliss-reactive ketones (excluding diaryl/α,β-unsaturated/α-hetero) is 1. The molecule has 0 radical (unpaired) electrons. The maximum absolute atomic E-state index is 13.1. The fourth-order valence-corrected chi connectivity index (χ4v) is 3.50. The minimum atomic E-state index is -0.769. The Labute approximate surface area is 174 Å². The lowest BCUT2D eigenvalue weighted by molar-refractivity contribution is -0.123. The van der Waals surface area contributed by atoms with Gasteiger partial charge in [-0.1, -0.05) is 62.2 Å². The Morgan fingerprint density at radius 3 is 2.21 bits per heavy atom. The van der Waals surface area contributed by atoms with Gasteiger partial charge in [-0.2, -0.15) is 0 Å². The summed E-state index contributed by atoms with van der Waals surface area (Å²) in [7, 11) is 0. The lowest BCUT2D eigenvalue weighted by Crippen LogP contribution is -2.32. The van der Waals surface area contributed by atoms with E-state index in [2.05, 4.69) is 0 Å². The summed E-state index contributed by atoms with van der Waals surface area (Å²) < 4.78 is 0. The molecule has 0 fully saturated rings. The lowest BCUT2D eigenvalue weighted by atomic mass is 9.82. The zero-order valence-corrected chi connectivity index (χ0v) is 17.6. The van der Waals surface area contributed by atoms with Gasteiger partial charge in [0.05, 0.1) is 11.6 Å². The molecule has 0 spiro atoms. The number of aryl methyl sites for hydroxylation is 1. The van der Waals surface area contributed by atoms with Gasteiger partial charge in [0.15, 0.2) is 11.5 Å². The number of aliphatic hydroxyl groups is 1.